The molecule has 0 amide bonds. The van der Waals surface area contributed by atoms with Crippen LogP contribution in [-0.2, 0) is 6.54 Å². The maximum atomic E-state index is 13.3. The number of fused-ring (bicyclic) bond motifs is 1. The smallest absolute Gasteiger partial charge is 0.421 e. The first kappa shape index (κ1) is 20.6. The highest BCUT2D eigenvalue weighted by molar-refractivity contribution is 5.98. The molecule has 0 spiro atoms. The average Bonchev–Trinajstić information content (AvgIpc) is 2.59. The van der Waals surface area contributed by atoms with E-state index in [9.17, 15) is 30.7 Å². The van der Waals surface area contributed by atoms with Crippen LogP contribution in [0.15, 0.2) is 47.5 Å². The summed E-state index contributed by atoms with van der Waals surface area (Å²) in [7, 11) is 0. The molecule has 0 unspecified atom stereocenters. The Bertz CT molecular complexity index is 945. The van der Waals surface area contributed by atoms with Gasteiger partial charge < -0.3 is 19.9 Å². The van der Waals surface area contributed by atoms with Crippen molar-refractivity contribution in [2.75, 3.05) is 0 Å². The van der Waals surface area contributed by atoms with Gasteiger partial charge in [0, 0.05) is 11.1 Å². The van der Waals surface area contributed by atoms with Gasteiger partial charge >= 0.3 is 18.6 Å². The van der Waals surface area contributed by atoms with Gasteiger partial charge in [0.1, 0.15) is 11.6 Å². The number of nitrogens with two attached hydrogens (primary N) is 1. The Kier molecular flexibility index (Phi) is 4.97. The van der Waals surface area contributed by atoms with Crippen molar-refractivity contribution in [3.05, 3.63) is 53.6 Å². The SMILES string of the molecule is NC(=NCc1ccccc1OC(F)(F)F)c1ccc2c(c1)OC(F)(F)C(F)(F)O2. The highest BCUT2D eigenvalue weighted by atomic mass is 19.4. The molecule has 1 aliphatic rings. The lowest BCUT2D eigenvalue weighted by molar-refractivity contribution is -0.391. The second kappa shape index (κ2) is 7.01. The summed E-state index contributed by atoms with van der Waals surface area (Å²) in [6.45, 7) is -0.333. The highest BCUT2D eigenvalue weighted by Crippen LogP contribution is 2.47. The molecule has 0 fully saturated rings. The number of ether oxygens (including phenoxy) is 3. The van der Waals surface area contributed by atoms with Crippen molar-refractivity contribution in [3.63, 3.8) is 0 Å². The minimum atomic E-state index is -4.91. The van der Waals surface area contributed by atoms with E-state index in [4.69, 9.17) is 5.73 Å². The second-order valence-electron chi connectivity index (χ2n) is 5.76. The van der Waals surface area contributed by atoms with Crippen LogP contribution in [0.1, 0.15) is 11.1 Å². The molecule has 3 rings (SSSR count). The van der Waals surface area contributed by atoms with Gasteiger partial charge in [-0.25, -0.2) is 0 Å². The van der Waals surface area contributed by atoms with Crippen LogP contribution < -0.4 is 19.9 Å². The van der Waals surface area contributed by atoms with Crippen LogP contribution in [0.4, 0.5) is 30.7 Å². The highest BCUT2D eigenvalue weighted by Gasteiger charge is 2.65. The van der Waals surface area contributed by atoms with Crippen LogP contribution in [0.2, 0.25) is 0 Å². The summed E-state index contributed by atoms with van der Waals surface area (Å²) in [6, 6.07) is 8.17. The molecule has 2 aromatic carbocycles. The van der Waals surface area contributed by atoms with E-state index in [0.717, 1.165) is 24.3 Å². The van der Waals surface area contributed by atoms with Gasteiger partial charge in [0.25, 0.3) is 0 Å². The molecule has 0 radical (unpaired) electrons. The molecule has 0 aromatic heterocycles. The van der Waals surface area contributed by atoms with E-state index in [-0.39, 0.29) is 23.5 Å². The second-order valence-corrected chi connectivity index (χ2v) is 5.76. The van der Waals surface area contributed by atoms with Crippen LogP contribution in [0.3, 0.4) is 0 Å². The van der Waals surface area contributed by atoms with E-state index in [1.54, 1.807) is 0 Å². The van der Waals surface area contributed by atoms with Crippen molar-refractivity contribution >= 4 is 5.84 Å². The number of rotatable bonds is 4. The van der Waals surface area contributed by atoms with Crippen LogP contribution in [0.25, 0.3) is 0 Å². The average molecular weight is 424 g/mol. The first-order chi connectivity index (χ1) is 13.4. The lowest BCUT2D eigenvalue weighted by Crippen LogP contribution is -2.52. The zero-order valence-corrected chi connectivity index (χ0v) is 14.1. The van der Waals surface area contributed by atoms with E-state index in [1.165, 1.54) is 18.2 Å². The first-order valence-electron chi connectivity index (χ1n) is 7.80. The molecule has 1 aliphatic heterocycles. The molecule has 0 aliphatic carbocycles. The van der Waals surface area contributed by atoms with Gasteiger partial charge in [-0.15, -0.1) is 13.2 Å². The van der Waals surface area contributed by atoms with Crippen molar-refractivity contribution in [2.45, 2.75) is 25.1 Å². The molecule has 156 valence electrons. The molecule has 0 atom stereocenters. The van der Waals surface area contributed by atoms with E-state index in [0.29, 0.717) is 0 Å². The maximum Gasteiger partial charge on any atom is 0.573 e. The lowest BCUT2D eigenvalue weighted by Gasteiger charge is -2.31. The number of hydrogen-bond donors (Lipinski definition) is 1. The largest absolute Gasteiger partial charge is 0.573 e. The predicted molar refractivity (Wildman–Crippen MR) is 85.1 cm³/mol. The number of halogens is 7. The quantitative estimate of drug-likeness (QED) is 0.448. The number of amidine groups is 1. The normalized spacial score (nSPS) is 17.7. The lowest BCUT2D eigenvalue weighted by atomic mass is 10.1. The molecular formula is C17H11F7N2O3. The molecule has 5 nitrogen and oxygen atoms in total. The molecule has 1 heterocycles. The minimum Gasteiger partial charge on any atom is -0.421 e. The van der Waals surface area contributed by atoms with Crippen LogP contribution in [0.5, 0.6) is 17.2 Å². The third-order valence-corrected chi connectivity index (χ3v) is 3.67. The number of nitrogens with zero attached hydrogens (tertiary/aromatic N) is 1. The number of alkyl halides is 7. The molecule has 29 heavy (non-hydrogen) atoms. The van der Waals surface area contributed by atoms with Crippen LogP contribution in [-0.4, -0.2) is 24.4 Å². The third kappa shape index (κ3) is 4.46. The number of hydrogen-bond acceptors (Lipinski definition) is 4. The summed E-state index contributed by atoms with van der Waals surface area (Å²) >= 11 is 0. The fourth-order valence-corrected chi connectivity index (χ4v) is 2.35. The first-order valence-corrected chi connectivity index (χ1v) is 7.80. The summed E-state index contributed by atoms with van der Waals surface area (Å²) in [6.07, 6.45) is -14.7. The number of aliphatic imine (C=N–C) groups is 1. The van der Waals surface area contributed by atoms with E-state index in [1.807, 2.05) is 0 Å². The zero-order chi connectivity index (χ0) is 21.4. The van der Waals surface area contributed by atoms with Gasteiger partial charge in [0.15, 0.2) is 11.5 Å². The Hall–Kier alpha value is -3.18. The van der Waals surface area contributed by atoms with Crippen LogP contribution in [0, 0.1) is 0 Å². The van der Waals surface area contributed by atoms with Gasteiger partial charge in [-0.2, -0.15) is 17.6 Å². The fourth-order valence-electron chi connectivity index (χ4n) is 2.35. The van der Waals surface area contributed by atoms with Crippen LogP contribution >= 0.6 is 0 Å². The summed E-state index contributed by atoms with van der Waals surface area (Å²) in [5.41, 5.74) is 5.78. The van der Waals surface area contributed by atoms with Crippen molar-refractivity contribution in [1.82, 2.24) is 0 Å². The molecular weight excluding hydrogens is 413 g/mol. The zero-order valence-electron chi connectivity index (χ0n) is 14.1. The van der Waals surface area contributed by atoms with Crippen molar-refractivity contribution < 1.29 is 44.9 Å². The van der Waals surface area contributed by atoms with Gasteiger partial charge in [-0.3, -0.25) is 4.99 Å². The summed E-state index contributed by atoms with van der Waals surface area (Å²) < 4.78 is 102. The summed E-state index contributed by atoms with van der Waals surface area (Å²) in [4.78, 5) is 3.88. The topological polar surface area (TPSA) is 66.1 Å². The third-order valence-electron chi connectivity index (χ3n) is 3.67. The standard InChI is InChI=1S/C17H11F7N2O3/c18-15(19)16(20,21)28-13-7-9(5-6-12(13)27-15)14(25)26-8-10-3-1-2-4-11(10)29-17(22,23)24/h1-7H,8H2,(H2,25,26). The molecule has 0 bridgehead atoms. The minimum absolute atomic E-state index is 0.00240. The van der Waals surface area contributed by atoms with Gasteiger partial charge in [0.2, 0.25) is 0 Å². The van der Waals surface area contributed by atoms with Gasteiger partial charge in [0.05, 0.1) is 6.54 Å². The van der Waals surface area contributed by atoms with Crippen molar-refractivity contribution in [3.8, 4) is 17.2 Å². The van der Waals surface area contributed by atoms with E-state index in [2.05, 4.69) is 19.2 Å². The maximum absolute atomic E-state index is 13.3. The Labute approximate surface area is 158 Å². The Balaban J connectivity index is 1.82. The predicted octanol–water partition coefficient (Wildman–Crippen LogP) is 4.45. The van der Waals surface area contributed by atoms with Gasteiger partial charge in [-0.05, 0) is 24.3 Å². The summed E-state index contributed by atoms with van der Waals surface area (Å²) in [5.74, 6) is -2.08. The van der Waals surface area contributed by atoms with E-state index >= 15 is 0 Å². The Morgan fingerprint density at radius 3 is 2.24 bits per heavy atom. The molecule has 0 saturated carbocycles. The summed E-state index contributed by atoms with van der Waals surface area (Å²) in [5, 5.41) is 0. The Morgan fingerprint density at radius 1 is 0.966 bits per heavy atom. The van der Waals surface area contributed by atoms with Crippen molar-refractivity contribution in [2.24, 2.45) is 10.7 Å². The van der Waals surface area contributed by atoms with Gasteiger partial charge in [-0.1, -0.05) is 18.2 Å². The monoisotopic (exact) mass is 424 g/mol. The van der Waals surface area contributed by atoms with E-state index < -0.39 is 35.8 Å². The molecule has 12 heteroatoms. The van der Waals surface area contributed by atoms with Crippen molar-refractivity contribution in [1.29, 1.82) is 0 Å². The number of para-hydroxylation sites is 1. The molecule has 2 N–H and O–H groups in total. The number of benzene rings is 2. The molecule has 2 aromatic rings. The molecule has 0 saturated heterocycles. The Morgan fingerprint density at radius 2 is 1.59 bits per heavy atom. The fraction of sp³-hybridized carbons (Fsp3) is 0.235.